The third kappa shape index (κ3) is 4.89. The average molecular weight is 399 g/mol. The van der Waals surface area contributed by atoms with Gasteiger partial charge in [-0.15, -0.1) is 0 Å². The van der Waals surface area contributed by atoms with Gasteiger partial charge >= 0.3 is 0 Å². The third-order valence-electron chi connectivity index (χ3n) is 3.86. The van der Waals surface area contributed by atoms with E-state index in [4.69, 9.17) is 11.6 Å². The van der Waals surface area contributed by atoms with Crippen molar-refractivity contribution in [2.45, 2.75) is 6.92 Å². The molecule has 0 bridgehead atoms. The Morgan fingerprint density at radius 2 is 1.93 bits per heavy atom. The van der Waals surface area contributed by atoms with E-state index in [0.717, 1.165) is 16.5 Å². The molecule has 0 radical (unpaired) electrons. The molecule has 0 saturated carbocycles. The molecule has 0 atom stereocenters. The number of benzene rings is 2. The van der Waals surface area contributed by atoms with E-state index in [1.54, 1.807) is 0 Å². The lowest BCUT2D eigenvalue weighted by molar-refractivity contribution is -0.120. The minimum absolute atomic E-state index is 0.252. The molecular formula is C20H16ClFN4O2. The van der Waals surface area contributed by atoms with Crippen molar-refractivity contribution in [2.24, 2.45) is 5.10 Å². The second-order valence-electron chi connectivity index (χ2n) is 6.05. The van der Waals surface area contributed by atoms with Crippen LogP contribution in [0, 0.1) is 12.7 Å². The molecule has 3 aromatic rings. The van der Waals surface area contributed by atoms with E-state index in [1.165, 1.54) is 30.5 Å². The molecular weight excluding hydrogens is 383 g/mol. The highest BCUT2D eigenvalue weighted by molar-refractivity contribution is 6.32. The summed E-state index contributed by atoms with van der Waals surface area (Å²) in [6.07, 6.45) is 1.38. The van der Waals surface area contributed by atoms with Crippen molar-refractivity contribution in [3.8, 4) is 0 Å². The lowest BCUT2D eigenvalue weighted by atomic mass is 10.1. The number of carbonyl (C=O) groups is 2. The van der Waals surface area contributed by atoms with Crippen LogP contribution in [0.15, 0.2) is 53.6 Å². The molecule has 8 heteroatoms. The first kappa shape index (κ1) is 19.4. The molecule has 0 unspecified atom stereocenters. The number of carbonyl (C=O) groups excluding carboxylic acids is 2. The van der Waals surface area contributed by atoms with Crippen molar-refractivity contribution in [3.63, 3.8) is 0 Å². The molecule has 0 aliphatic carbocycles. The molecule has 1 heterocycles. The lowest BCUT2D eigenvalue weighted by Crippen LogP contribution is -2.34. The zero-order valence-corrected chi connectivity index (χ0v) is 15.6. The van der Waals surface area contributed by atoms with Crippen LogP contribution >= 0.6 is 11.6 Å². The predicted octanol–water partition coefficient (Wildman–Crippen LogP) is 3.22. The Labute approximate surface area is 165 Å². The summed E-state index contributed by atoms with van der Waals surface area (Å²) >= 11 is 6.15. The average Bonchev–Trinajstić information content (AvgIpc) is 2.67. The molecule has 0 aliphatic heterocycles. The van der Waals surface area contributed by atoms with Crippen LogP contribution in [0.5, 0.6) is 0 Å². The predicted molar refractivity (Wildman–Crippen MR) is 106 cm³/mol. The smallest absolute Gasteiger partial charge is 0.259 e. The molecule has 0 aliphatic rings. The molecule has 0 saturated heterocycles. The topological polar surface area (TPSA) is 83.5 Å². The van der Waals surface area contributed by atoms with Gasteiger partial charge in [0.25, 0.3) is 11.8 Å². The standard InChI is InChI=1S/C20H16ClFN4O2/c1-12-2-3-14-9-15(19(21)25-17(14)8-12)10-24-26-18(27)11-23-20(28)13-4-6-16(22)7-5-13/h2-10H,11H2,1H3,(H,23,28)(H,26,27). The monoisotopic (exact) mass is 398 g/mol. The van der Waals surface area contributed by atoms with Crippen molar-refractivity contribution in [1.29, 1.82) is 0 Å². The minimum Gasteiger partial charge on any atom is -0.343 e. The Hall–Kier alpha value is -3.32. The summed E-state index contributed by atoms with van der Waals surface area (Å²) in [6, 6.07) is 12.6. The second kappa shape index (κ2) is 8.58. The van der Waals surface area contributed by atoms with Gasteiger partial charge in [-0.25, -0.2) is 14.8 Å². The number of halogens is 2. The Morgan fingerprint density at radius 3 is 2.68 bits per heavy atom. The fourth-order valence-corrected chi connectivity index (χ4v) is 2.63. The highest BCUT2D eigenvalue weighted by Gasteiger charge is 2.08. The highest BCUT2D eigenvalue weighted by Crippen LogP contribution is 2.20. The van der Waals surface area contributed by atoms with Gasteiger partial charge in [-0.05, 0) is 48.9 Å². The van der Waals surface area contributed by atoms with Crippen LogP contribution < -0.4 is 10.7 Å². The van der Waals surface area contributed by atoms with Gasteiger partial charge in [0, 0.05) is 16.5 Å². The van der Waals surface area contributed by atoms with Crippen molar-refractivity contribution in [2.75, 3.05) is 6.54 Å². The van der Waals surface area contributed by atoms with Gasteiger partial charge in [-0.1, -0.05) is 23.7 Å². The maximum atomic E-state index is 12.9. The molecule has 6 nitrogen and oxygen atoms in total. The van der Waals surface area contributed by atoms with Gasteiger partial charge in [-0.2, -0.15) is 5.10 Å². The number of rotatable bonds is 5. The van der Waals surface area contributed by atoms with E-state index in [0.29, 0.717) is 5.56 Å². The number of amides is 2. The SMILES string of the molecule is Cc1ccc2cc(C=NNC(=O)CNC(=O)c3ccc(F)cc3)c(Cl)nc2c1. The molecule has 0 spiro atoms. The number of fused-ring (bicyclic) bond motifs is 1. The van der Waals surface area contributed by atoms with Gasteiger partial charge in [0.1, 0.15) is 11.0 Å². The highest BCUT2D eigenvalue weighted by atomic mass is 35.5. The summed E-state index contributed by atoms with van der Waals surface area (Å²) < 4.78 is 12.9. The molecule has 28 heavy (non-hydrogen) atoms. The fourth-order valence-electron chi connectivity index (χ4n) is 2.44. The number of pyridine rings is 1. The van der Waals surface area contributed by atoms with E-state index in [-0.39, 0.29) is 17.3 Å². The van der Waals surface area contributed by atoms with E-state index in [1.807, 2.05) is 31.2 Å². The van der Waals surface area contributed by atoms with Crippen LogP contribution in [0.1, 0.15) is 21.5 Å². The molecule has 2 aromatic carbocycles. The zero-order chi connectivity index (χ0) is 20.1. The molecule has 1 aromatic heterocycles. The van der Waals surface area contributed by atoms with Gasteiger partial charge in [0.05, 0.1) is 18.3 Å². The van der Waals surface area contributed by atoms with Gasteiger partial charge in [-0.3, -0.25) is 9.59 Å². The Morgan fingerprint density at radius 1 is 1.18 bits per heavy atom. The fraction of sp³-hybridized carbons (Fsp3) is 0.100. The van der Waals surface area contributed by atoms with Crippen LogP contribution in [-0.4, -0.2) is 29.6 Å². The van der Waals surface area contributed by atoms with Crippen LogP contribution in [0.4, 0.5) is 4.39 Å². The Kier molecular flexibility index (Phi) is 5.96. The van der Waals surface area contributed by atoms with Gasteiger partial charge < -0.3 is 5.32 Å². The number of aromatic nitrogens is 1. The molecule has 142 valence electrons. The van der Waals surface area contributed by atoms with Crippen LogP contribution in [0.3, 0.4) is 0 Å². The van der Waals surface area contributed by atoms with Crippen LogP contribution in [-0.2, 0) is 4.79 Å². The summed E-state index contributed by atoms with van der Waals surface area (Å²) in [6.45, 7) is 1.69. The number of hydrazone groups is 1. The number of aryl methyl sites for hydroxylation is 1. The van der Waals surface area contributed by atoms with Crippen LogP contribution in [0.2, 0.25) is 5.15 Å². The number of nitrogens with zero attached hydrogens (tertiary/aromatic N) is 2. The van der Waals surface area contributed by atoms with Crippen molar-refractivity contribution >= 4 is 40.5 Å². The summed E-state index contributed by atoms with van der Waals surface area (Å²) in [5.41, 5.74) is 4.95. The zero-order valence-electron chi connectivity index (χ0n) is 14.9. The largest absolute Gasteiger partial charge is 0.343 e. The van der Waals surface area contributed by atoms with E-state index in [9.17, 15) is 14.0 Å². The lowest BCUT2D eigenvalue weighted by Gasteiger charge is -2.05. The normalized spacial score (nSPS) is 11.0. The van der Waals surface area contributed by atoms with Crippen molar-refractivity contribution in [3.05, 3.63) is 76.2 Å². The Bertz CT molecular complexity index is 1070. The van der Waals surface area contributed by atoms with Crippen LogP contribution in [0.25, 0.3) is 10.9 Å². The number of hydrogen-bond acceptors (Lipinski definition) is 4. The summed E-state index contributed by atoms with van der Waals surface area (Å²) in [4.78, 5) is 28.0. The second-order valence-corrected chi connectivity index (χ2v) is 6.41. The first-order valence-corrected chi connectivity index (χ1v) is 8.73. The van der Waals surface area contributed by atoms with Crippen molar-refractivity contribution < 1.29 is 14.0 Å². The van der Waals surface area contributed by atoms with E-state index >= 15 is 0 Å². The van der Waals surface area contributed by atoms with Crippen molar-refractivity contribution in [1.82, 2.24) is 15.7 Å². The molecule has 3 rings (SSSR count). The number of nitrogens with one attached hydrogen (secondary N) is 2. The summed E-state index contributed by atoms with van der Waals surface area (Å²) in [5, 5.41) is 7.42. The first-order chi connectivity index (χ1) is 13.4. The van der Waals surface area contributed by atoms with E-state index < -0.39 is 17.6 Å². The summed E-state index contributed by atoms with van der Waals surface area (Å²) in [7, 11) is 0. The molecule has 0 fully saturated rings. The summed E-state index contributed by atoms with van der Waals surface area (Å²) in [5.74, 6) is -1.45. The van der Waals surface area contributed by atoms with Gasteiger partial charge in [0.15, 0.2) is 0 Å². The quantitative estimate of drug-likeness (QED) is 0.393. The molecule has 2 N–H and O–H groups in total. The maximum absolute atomic E-state index is 12.9. The Balaban J connectivity index is 1.56. The maximum Gasteiger partial charge on any atom is 0.259 e. The van der Waals surface area contributed by atoms with Gasteiger partial charge in [0.2, 0.25) is 0 Å². The number of hydrogen-bond donors (Lipinski definition) is 2. The molecule has 2 amide bonds. The third-order valence-corrected chi connectivity index (χ3v) is 4.17. The van der Waals surface area contributed by atoms with E-state index in [2.05, 4.69) is 20.8 Å². The first-order valence-electron chi connectivity index (χ1n) is 8.35. The minimum atomic E-state index is -0.521.